The topological polar surface area (TPSA) is 73.2 Å². The standard InChI is InChI=1S/C20H21N3O3S/c1-26-16-6-2-5-15(13-16)18-9-10-20(25)23(22-18)11-3-8-19(24)21-14-17-7-4-12-27-17/h2,4-7,9-10,12-13H,3,8,11,14H2,1H3,(H,21,24). The summed E-state index contributed by atoms with van der Waals surface area (Å²) < 4.78 is 6.64. The van der Waals surface area contributed by atoms with Crippen LogP contribution in [0.3, 0.4) is 0 Å². The van der Waals surface area contributed by atoms with Gasteiger partial charge in [0.15, 0.2) is 0 Å². The Morgan fingerprint density at radius 3 is 2.89 bits per heavy atom. The molecule has 1 amide bonds. The Bertz CT molecular complexity index is 951. The summed E-state index contributed by atoms with van der Waals surface area (Å²) in [4.78, 5) is 25.1. The Labute approximate surface area is 161 Å². The van der Waals surface area contributed by atoms with Gasteiger partial charge < -0.3 is 10.1 Å². The summed E-state index contributed by atoms with van der Waals surface area (Å²) in [5.41, 5.74) is 1.38. The zero-order chi connectivity index (χ0) is 19.1. The average molecular weight is 383 g/mol. The van der Waals surface area contributed by atoms with Crippen molar-refractivity contribution in [2.24, 2.45) is 0 Å². The molecule has 7 heteroatoms. The molecule has 0 unspecified atom stereocenters. The second-order valence-electron chi connectivity index (χ2n) is 5.97. The zero-order valence-corrected chi connectivity index (χ0v) is 15.9. The third-order valence-electron chi connectivity index (χ3n) is 4.05. The number of methoxy groups -OCH3 is 1. The maximum absolute atomic E-state index is 12.1. The molecule has 1 N–H and O–H groups in total. The number of nitrogens with zero attached hydrogens (tertiary/aromatic N) is 2. The normalized spacial score (nSPS) is 10.6. The number of thiophene rings is 1. The van der Waals surface area contributed by atoms with Crippen LogP contribution in [0.1, 0.15) is 17.7 Å². The number of ether oxygens (including phenoxy) is 1. The quantitative estimate of drug-likeness (QED) is 0.649. The van der Waals surface area contributed by atoms with E-state index in [0.29, 0.717) is 31.6 Å². The Morgan fingerprint density at radius 2 is 2.11 bits per heavy atom. The van der Waals surface area contributed by atoms with Gasteiger partial charge in [-0.15, -0.1) is 11.3 Å². The molecule has 2 aromatic heterocycles. The molecule has 3 rings (SSSR count). The van der Waals surface area contributed by atoms with Crippen LogP contribution in [0.4, 0.5) is 0 Å². The molecule has 0 aliphatic carbocycles. The number of carbonyl (C=O) groups is 1. The van der Waals surface area contributed by atoms with E-state index in [9.17, 15) is 9.59 Å². The van der Waals surface area contributed by atoms with Crippen LogP contribution in [0.25, 0.3) is 11.3 Å². The highest BCUT2D eigenvalue weighted by atomic mass is 32.1. The molecule has 3 aromatic rings. The molecule has 0 aliphatic rings. The smallest absolute Gasteiger partial charge is 0.266 e. The summed E-state index contributed by atoms with van der Waals surface area (Å²) in [7, 11) is 1.61. The van der Waals surface area contributed by atoms with Crippen molar-refractivity contribution in [2.75, 3.05) is 7.11 Å². The zero-order valence-electron chi connectivity index (χ0n) is 15.1. The molecule has 0 aliphatic heterocycles. The maximum Gasteiger partial charge on any atom is 0.266 e. The number of aryl methyl sites for hydroxylation is 1. The molecule has 6 nitrogen and oxygen atoms in total. The van der Waals surface area contributed by atoms with Crippen LogP contribution >= 0.6 is 11.3 Å². The summed E-state index contributed by atoms with van der Waals surface area (Å²) in [6.07, 6.45) is 0.896. The highest BCUT2D eigenvalue weighted by Crippen LogP contribution is 2.21. The van der Waals surface area contributed by atoms with Crippen LogP contribution in [-0.4, -0.2) is 22.8 Å². The summed E-state index contributed by atoms with van der Waals surface area (Å²) >= 11 is 1.61. The summed E-state index contributed by atoms with van der Waals surface area (Å²) in [5.74, 6) is 0.704. The van der Waals surface area contributed by atoms with Crippen LogP contribution in [0, 0.1) is 0 Å². The minimum Gasteiger partial charge on any atom is -0.497 e. The van der Waals surface area contributed by atoms with Crippen molar-refractivity contribution in [3.05, 3.63) is 69.1 Å². The lowest BCUT2D eigenvalue weighted by atomic mass is 10.1. The van der Waals surface area contributed by atoms with Crippen LogP contribution in [0.15, 0.2) is 58.7 Å². The van der Waals surface area contributed by atoms with Crippen molar-refractivity contribution >= 4 is 17.2 Å². The summed E-state index contributed by atoms with van der Waals surface area (Å²) in [6.45, 7) is 0.934. The van der Waals surface area contributed by atoms with E-state index < -0.39 is 0 Å². The molecule has 140 valence electrons. The van der Waals surface area contributed by atoms with Crippen molar-refractivity contribution < 1.29 is 9.53 Å². The summed E-state index contributed by atoms with van der Waals surface area (Å²) in [6, 6.07) is 14.7. The lowest BCUT2D eigenvalue weighted by molar-refractivity contribution is -0.121. The third-order valence-corrected chi connectivity index (χ3v) is 4.92. The Kier molecular flexibility index (Phi) is 6.38. The van der Waals surface area contributed by atoms with E-state index in [1.807, 2.05) is 41.8 Å². The highest BCUT2D eigenvalue weighted by Gasteiger charge is 2.07. The van der Waals surface area contributed by atoms with Gasteiger partial charge in [0.25, 0.3) is 5.56 Å². The van der Waals surface area contributed by atoms with Gasteiger partial charge in [-0.05, 0) is 36.1 Å². The minimum absolute atomic E-state index is 0.0274. The van der Waals surface area contributed by atoms with Crippen molar-refractivity contribution in [3.63, 3.8) is 0 Å². The molecule has 2 heterocycles. The number of nitrogens with one attached hydrogen (secondary N) is 1. The Balaban J connectivity index is 1.58. The number of benzene rings is 1. The predicted octanol–water partition coefficient (Wildman–Crippen LogP) is 3.08. The molecule has 0 saturated carbocycles. The monoisotopic (exact) mass is 383 g/mol. The molecule has 0 atom stereocenters. The number of hydrogen-bond donors (Lipinski definition) is 1. The lowest BCUT2D eigenvalue weighted by Crippen LogP contribution is -2.25. The molecule has 0 radical (unpaired) electrons. The molecule has 0 spiro atoms. The molecule has 0 saturated heterocycles. The SMILES string of the molecule is COc1cccc(-c2ccc(=O)n(CCCC(=O)NCc3cccs3)n2)c1. The van der Waals surface area contributed by atoms with Crippen molar-refractivity contribution in [1.29, 1.82) is 0 Å². The Hall–Kier alpha value is -2.93. The predicted molar refractivity (Wildman–Crippen MR) is 106 cm³/mol. The average Bonchev–Trinajstić information content (AvgIpc) is 3.21. The molecule has 1 aromatic carbocycles. The number of carbonyl (C=O) groups excluding carboxylic acids is 1. The van der Waals surface area contributed by atoms with Crippen LogP contribution in [-0.2, 0) is 17.9 Å². The number of amides is 1. The van der Waals surface area contributed by atoms with E-state index >= 15 is 0 Å². The maximum atomic E-state index is 12.1. The fraction of sp³-hybridized carbons (Fsp3) is 0.250. The van der Waals surface area contributed by atoms with Crippen molar-refractivity contribution in [1.82, 2.24) is 15.1 Å². The van der Waals surface area contributed by atoms with Gasteiger partial charge >= 0.3 is 0 Å². The molecule has 0 bridgehead atoms. The third kappa shape index (κ3) is 5.27. The van der Waals surface area contributed by atoms with Gasteiger partial charge in [0, 0.05) is 29.5 Å². The van der Waals surface area contributed by atoms with Crippen molar-refractivity contribution in [2.45, 2.75) is 25.9 Å². The first-order valence-corrected chi connectivity index (χ1v) is 9.55. The molecular formula is C20H21N3O3S. The first kappa shape index (κ1) is 18.8. The van der Waals surface area contributed by atoms with Crippen LogP contribution in [0.2, 0.25) is 0 Å². The van der Waals surface area contributed by atoms with Gasteiger partial charge in [-0.3, -0.25) is 9.59 Å². The van der Waals surface area contributed by atoms with Crippen molar-refractivity contribution in [3.8, 4) is 17.0 Å². The lowest BCUT2D eigenvalue weighted by Gasteiger charge is -2.08. The minimum atomic E-state index is -0.180. The van der Waals surface area contributed by atoms with Gasteiger partial charge in [0.2, 0.25) is 5.91 Å². The van der Waals surface area contributed by atoms with Gasteiger partial charge in [0.05, 0.1) is 19.3 Å². The van der Waals surface area contributed by atoms with Gasteiger partial charge in [-0.2, -0.15) is 5.10 Å². The first-order chi connectivity index (χ1) is 13.2. The highest BCUT2D eigenvalue weighted by molar-refractivity contribution is 7.09. The van der Waals surface area contributed by atoms with E-state index in [1.165, 1.54) is 10.7 Å². The van der Waals surface area contributed by atoms with E-state index in [4.69, 9.17) is 4.74 Å². The first-order valence-electron chi connectivity index (χ1n) is 8.67. The fourth-order valence-corrected chi connectivity index (χ4v) is 3.27. The Morgan fingerprint density at radius 1 is 1.22 bits per heavy atom. The molecule has 0 fully saturated rings. The number of hydrogen-bond acceptors (Lipinski definition) is 5. The van der Waals surface area contributed by atoms with Crippen LogP contribution < -0.4 is 15.6 Å². The van der Waals surface area contributed by atoms with Gasteiger partial charge in [-0.1, -0.05) is 18.2 Å². The van der Waals surface area contributed by atoms with E-state index in [-0.39, 0.29) is 11.5 Å². The molecular weight excluding hydrogens is 362 g/mol. The van der Waals surface area contributed by atoms with Gasteiger partial charge in [-0.25, -0.2) is 4.68 Å². The second-order valence-corrected chi connectivity index (χ2v) is 7.00. The number of aromatic nitrogens is 2. The fourth-order valence-electron chi connectivity index (χ4n) is 2.62. The number of rotatable bonds is 8. The van der Waals surface area contributed by atoms with E-state index in [1.54, 1.807) is 24.5 Å². The largest absolute Gasteiger partial charge is 0.497 e. The molecule has 27 heavy (non-hydrogen) atoms. The van der Waals surface area contributed by atoms with Crippen LogP contribution in [0.5, 0.6) is 5.75 Å². The van der Waals surface area contributed by atoms with E-state index in [2.05, 4.69) is 10.4 Å². The summed E-state index contributed by atoms with van der Waals surface area (Å²) in [5, 5.41) is 9.29. The van der Waals surface area contributed by atoms with E-state index in [0.717, 1.165) is 16.2 Å². The van der Waals surface area contributed by atoms with Gasteiger partial charge in [0.1, 0.15) is 5.75 Å². The second kappa shape index (κ2) is 9.14.